The van der Waals surface area contributed by atoms with Crippen molar-refractivity contribution in [1.29, 1.82) is 0 Å². The highest BCUT2D eigenvalue weighted by Gasteiger charge is 2.33. The molecule has 1 aliphatic heterocycles. The molecule has 2 aromatic heterocycles. The Balaban J connectivity index is 1.89. The van der Waals surface area contributed by atoms with E-state index < -0.39 is 6.10 Å². The maximum Gasteiger partial charge on any atom is 0.331 e. The summed E-state index contributed by atoms with van der Waals surface area (Å²) in [6, 6.07) is 15.4. The molecule has 0 N–H and O–H groups in total. The molecule has 5 rings (SSSR count). The van der Waals surface area contributed by atoms with Crippen molar-refractivity contribution < 1.29 is 14.2 Å². The van der Waals surface area contributed by atoms with Crippen LogP contribution in [0.4, 0.5) is 0 Å². The number of ether oxygens (including phenoxy) is 3. The van der Waals surface area contributed by atoms with Crippen LogP contribution in [0.1, 0.15) is 17.4 Å². The molecule has 0 spiro atoms. The van der Waals surface area contributed by atoms with Crippen molar-refractivity contribution in [3.63, 3.8) is 0 Å². The van der Waals surface area contributed by atoms with Gasteiger partial charge in [-0.15, -0.1) is 0 Å². The summed E-state index contributed by atoms with van der Waals surface area (Å²) in [4.78, 5) is 26.3. The quantitative estimate of drug-likeness (QED) is 0.481. The van der Waals surface area contributed by atoms with Crippen LogP contribution in [0.3, 0.4) is 0 Å². The maximum atomic E-state index is 13.4. The molecule has 170 valence electrons. The summed E-state index contributed by atoms with van der Waals surface area (Å²) in [5, 5.41) is 0.511. The molecule has 0 aliphatic carbocycles. The number of benzene rings is 2. The van der Waals surface area contributed by atoms with Gasteiger partial charge in [0.15, 0.2) is 11.5 Å². The lowest BCUT2D eigenvalue weighted by Gasteiger charge is -2.28. The number of methoxy groups -OCH3 is 2. The Morgan fingerprint density at radius 1 is 0.939 bits per heavy atom. The Morgan fingerprint density at radius 2 is 1.67 bits per heavy atom. The van der Waals surface area contributed by atoms with Crippen molar-refractivity contribution in [2.24, 2.45) is 14.1 Å². The van der Waals surface area contributed by atoms with E-state index >= 15 is 0 Å². The fourth-order valence-corrected chi connectivity index (χ4v) is 4.75. The molecule has 3 heterocycles. The fourth-order valence-electron chi connectivity index (χ4n) is 4.75. The molecule has 0 saturated heterocycles. The van der Waals surface area contributed by atoms with Crippen molar-refractivity contribution in [2.45, 2.75) is 12.6 Å². The number of aromatic nitrogens is 3. The summed E-state index contributed by atoms with van der Waals surface area (Å²) in [5.74, 6) is 1.20. The standard InChI is InChI=1S/C25H25N3O5/c1-26-21-19(24(29)27(2)25(26)30)20(15-8-6-5-7-9-15)28-12-13-33-23(22(21)28)16-10-11-17(31-3)18(14-16)32-4/h5-11,14,23H,12-13H2,1-4H3. The van der Waals surface area contributed by atoms with Crippen LogP contribution in [0.2, 0.25) is 0 Å². The lowest BCUT2D eigenvalue weighted by atomic mass is 10.0. The van der Waals surface area contributed by atoms with Crippen molar-refractivity contribution in [3.8, 4) is 22.8 Å². The molecule has 0 bridgehead atoms. The van der Waals surface area contributed by atoms with Gasteiger partial charge in [0, 0.05) is 20.6 Å². The van der Waals surface area contributed by atoms with E-state index in [0.717, 1.165) is 27.1 Å². The second-order valence-electron chi connectivity index (χ2n) is 8.05. The molecule has 33 heavy (non-hydrogen) atoms. The van der Waals surface area contributed by atoms with Gasteiger partial charge in [-0.25, -0.2) is 4.79 Å². The maximum absolute atomic E-state index is 13.4. The summed E-state index contributed by atoms with van der Waals surface area (Å²) < 4.78 is 21.9. The van der Waals surface area contributed by atoms with Gasteiger partial charge in [0.2, 0.25) is 0 Å². The predicted octanol–water partition coefficient (Wildman–Crippen LogP) is 2.84. The van der Waals surface area contributed by atoms with Gasteiger partial charge in [-0.2, -0.15) is 0 Å². The first-order chi connectivity index (χ1) is 16.0. The van der Waals surface area contributed by atoms with Crippen LogP contribution in [0.15, 0.2) is 58.1 Å². The minimum atomic E-state index is -0.490. The van der Waals surface area contributed by atoms with Crippen LogP contribution in [0.5, 0.6) is 11.5 Å². The summed E-state index contributed by atoms with van der Waals surface area (Å²) >= 11 is 0. The molecule has 8 heteroatoms. The predicted molar refractivity (Wildman–Crippen MR) is 125 cm³/mol. The van der Waals surface area contributed by atoms with Crippen molar-refractivity contribution in [2.75, 3.05) is 20.8 Å². The topological polar surface area (TPSA) is 76.6 Å². The molecule has 1 unspecified atom stereocenters. The number of hydrogen-bond acceptors (Lipinski definition) is 5. The Kier molecular flexibility index (Phi) is 5.09. The van der Waals surface area contributed by atoms with E-state index in [1.54, 1.807) is 21.3 Å². The second-order valence-corrected chi connectivity index (χ2v) is 8.05. The van der Waals surface area contributed by atoms with Gasteiger partial charge in [-0.05, 0) is 23.3 Å². The Morgan fingerprint density at radius 3 is 2.36 bits per heavy atom. The lowest BCUT2D eigenvalue weighted by Crippen LogP contribution is -2.37. The number of fused-ring (bicyclic) bond motifs is 3. The normalized spacial score (nSPS) is 15.5. The summed E-state index contributed by atoms with van der Waals surface area (Å²) in [6.45, 7) is 1.02. The number of aryl methyl sites for hydroxylation is 1. The molecular weight excluding hydrogens is 422 g/mol. The highest BCUT2D eigenvalue weighted by atomic mass is 16.5. The number of hydrogen-bond donors (Lipinski definition) is 0. The third-order valence-corrected chi connectivity index (χ3v) is 6.31. The molecule has 0 fully saturated rings. The third kappa shape index (κ3) is 3.09. The highest BCUT2D eigenvalue weighted by molar-refractivity contribution is 5.96. The minimum absolute atomic E-state index is 0.320. The zero-order chi connectivity index (χ0) is 23.3. The van der Waals surface area contributed by atoms with E-state index in [0.29, 0.717) is 35.6 Å². The smallest absolute Gasteiger partial charge is 0.331 e. The van der Waals surface area contributed by atoms with Gasteiger partial charge >= 0.3 is 5.69 Å². The molecule has 1 aliphatic rings. The molecule has 1 atom stereocenters. The Hall–Kier alpha value is -3.78. The van der Waals surface area contributed by atoms with Crippen LogP contribution in [0.25, 0.3) is 22.2 Å². The molecule has 8 nitrogen and oxygen atoms in total. The zero-order valence-corrected chi connectivity index (χ0v) is 19.0. The molecule has 4 aromatic rings. The second kappa shape index (κ2) is 7.97. The summed E-state index contributed by atoms with van der Waals surface area (Å²) in [5.41, 5.74) is 3.22. The number of rotatable bonds is 4. The van der Waals surface area contributed by atoms with Gasteiger partial charge in [-0.3, -0.25) is 13.9 Å². The molecule has 2 aromatic carbocycles. The van der Waals surface area contributed by atoms with Gasteiger partial charge in [0.05, 0.1) is 43.1 Å². The molecular formula is C25H25N3O5. The van der Waals surface area contributed by atoms with E-state index in [2.05, 4.69) is 4.57 Å². The van der Waals surface area contributed by atoms with Gasteiger partial charge in [0.1, 0.15) is 6.10 Å². The largest absolute Gasteiger partial charge is 0.493 e. The van der Waals surface area contributed by atoms with E-state index in [1.807, 2.05) is 48.5 Å². The Bertz CT molecular complexity index is 1480. The van der Waals surface area contributed by atoms with E-state index in [-0.39, 0.29) is 11.2 Å². The monoisotopic (exact) mass is 447 g/mol. The van der Waals surface area contributed by atoms with Crippen LogP contribution >= 0.6 is 0 Å². The first-order valence-corrected chi connectivity index (χ1v) is 10.7. The van der Waals surface area contributed by atoms with Crippen LogP contribution < -0.4 is 20.7 Å². The van der Waals surface area contributed by atoms with E-state index in [4.69, 9.17) is 14.2 Å². The first-order valence-electron chi connectivity index (χ1n) is 10.7. The third-order valence-electron chi connectivity index (χ3n) is 6.31. The molecule has 0 amide bonds. The molecule has 0 radical (unpaired) electrons. The SMILES string of the molecule is COc1ccc(C2OCCn3c(-c4ccccc4)c4c(=O)n(C)c(=O)n(C)c4c32)cc1OC. The summed E-state index contributed by atoms with van der Waals surface area (Å²) in [7, 11) is 6.38. The van der Waals surface area contributed by atoms with E-state index in [9.17, 15) is 9.59 Å². The van der Waals surface area contributed by atoms with Crippen LogP contribution in [0, 0.1) is 0 Å². The lowest BCUT2D eigenvalue weighted by molar-refractivity contribution is 0.0477. The first kappa shape index (κ1) is 21.1. The fraction of sp³-hybridized carbons (Fsp3) is 0.280. The van der Waals surface area contributed by atoms with Crippen LogP contribution in [-0.4, -0.2) is 34.5 Å². The van der Waals surface area contributed by atoms with Gasteiger partial charge in [0.25, 0.3) is 5.56 Å². The van der Waals surface area contributed by atoms with Crippen molar-refractivity contribution >= 4 is 10.9 Å². The van der Waals surface area contributed by atoms with Gasteiger partial charge < -0.3 is 18.8 Å². The average Bonchev–Trinajstić information content (AvgIpc) is 3.21. The average molecular weight is 447 g/mol. The summed E-state index contributed by atoms with van der Waals surface area (Å²) in [6.07, 6.45) is -0.490. The Labute approximate surface area is 190 Å². The highest BCUT2D eigenvalue weighted by Crippen LogP contribution is 2.42. The zero-order valence-electron chi connectivity index (χ0n) is 19.0. The number of nitrogens with zero attached hydrogens (tertiary/aromatic N) is 3. The molecule has 0 saturated carbocycles. The minimum Gasteiger partial charge on any atom is -0.493 e. The van der Waals surface area contributed by atoms with Crippen LogP contribution in [-0.2, 0) is 25.4 Å². The van der Waals surface area contributed by atoms with Gasteiger partial charge in [-0.1, -0.05) is 36.4 Å². The van der Waals surface area contributed by atoms with Crippen molar-refractivity contribution in [3.05, 3.63) is 80.6 Å². The van der Waals surface area contributed by atoms with E-state index in [1.165, 1.54) is 11.6 Å². The van der Waals surface area contributed by atoms with Crippen molar-refractivity contribution in [1.82, 2.24) is 13.7 Å².